The number of aliphatic imine (C=N–C) groups is 1. The van der Waals surface area contributed by atoms with E-state index in [1.807, 2.05) is 67.0 Å². The van der Waals surface area contributed by atoms with Crippen LogP contribution in [-0.2, 0) is 6.54 Å². The lowest BCUT2D eigenvalue weighted by Crippen LogP contribution is -2.22. The molecule has 0 spiro atoms. The second-order valence-corrected chi connectivity index (χ2v) is 6.78. The molecule has 3 N–H and O–H groups in total. The average Bonchev–Trinajstić information content (AvgIpc) is 2.96. The van der Waals surface area contributed by atoms with Crippen LogP contribution in [0, 0.1) is 0 Å². The zero-order valence-corrected chi connectivity index (χ0v) is 15.7. The molecule has 0 saturated carbocycles. The number of hydrogen-bond donors (Lipinski definition) is 2. The number of benzene rings is 1. The van der Waals surface area contributed by atoms with Crippen molar-refractivity contribution in [2.24, 2.45) is 10.7 Å². The topological polar surface area (TPSA) is 76.9 Å². The number of rotatable bonds is 5. The number of nitrogens with two attached hydrogens (primary N) is 1. The van der Waals surface area contributed by atoms with E-state index in [1.165, 1.54) is 0 Å². The van der Waals surface area contributed by atoms with Crippen molar-refractivity contribution in [2.75, 3.05) is 5.32 Å². The lowest BCUT2D eigenvalue weighted by molar-refractivity contribution is 0.242. The van der Waals surface area contributed by atoms with Crippen molar-refractivity contribution in [3.63, 3.8) is 0 Å². The van der Waals surface area contributed by atoms with Gasteiger partial charge in [0.2, 0.25) is 0 Å². The number of hydrogen-bond acceptors (Lipinski definition) is 3. The van der Waals surface area contributed by atoms with Crippen LogP contribution in [0.5, 0.6) is 5.75 Å². The third-order valence-corrected chi connectivity index (χ3v) is 3.84. The van der Waals surface area contributed by atoms with Gasteiger partial charge in [-0.25, -0.2) is 9.98 Å². The monoisotopic (exact) mass is 401 g/mol. The van der Waals surface area contributed by atoms with Crippen molar-refractivity contribution in [3.05, 3.63) is 59.0 Å². The molecular weight excluding hydrogens is 382 g/mol. The highest BCUT2D eigenvalue weighted by atomic mass is 79.9. The van der Waals surface area contributed by atoms with E-state index in [9.17, 15) is 0 Å². The first kappa shape index (κ1) is 17.3. The van der Waals surface area contributed by atoms with Gasteiger partial charge in [-0.1, -0.05) is 0 Å². The Kier molecular flexibility index (Phi) is 5.23. The van der Waals surface area contributed by atoms with Crippen LogP contribution in [0.1, 0.15) is 19.5 Å². The summed E-state index contributed by atoms with van der Waals surface area (Å²) in [4.78, 5) is 8.85. The first-order valence-corrected chi connectivity index (χ1v) is 8.76. The largest absolute Gasteiger partial charge is 0.491 e. The normalized spacial score (nSPS) is 11.9. The first-order chi connectivity index (χ1) is 12.0. The molecule has 6 nitrogen and oxygen atoms in total. The van der Waals surface area contributed by atoms with Crippen LogP contribution in [0.25, 0.3) is 5.65 Å². The number of nitrogens with one attached hydrogen (secondary N) is 1. The second-order valence-electron chi connectivity index (χ2n) is 5.86. The Morgan fingerprint density at radius 3 is 2.72 bits per heavy atom. The lowest BCUT2D eigenvalue weighted by atomic mass is 10.3. The van der Waals surface area contributed by atoms with Gasteiger partial charge in [0, 0.05) is 22.6 Å². The Balaban J connectivity index is 1.62. The Hall–Kier alpha value is -2.54. The van der Waals surface area contributed by atoms with Gasteiger partial charge in [0.15, 0.2) is 5.96 Å². The van der Waals surface area contributed by atoms with Gasteiger partial charge in [-0.05, 0) is 66.2 Å². The van der Waals surface area contributed by atoms with E-state index < -0.39 is 0 Å². The van der Waals surface area contributed by atoms with Gasteiger partial charge in [-0.2, -0.15) is 0 Å². The van der Waals surface area contributed by atoms with E-state index in [1.54, 1.807) is 0 Å². The highest BCUT2D eigenvalue weighted by molar-refractivity contribution is 9.10. The number of aromatic nitrogens is 2. The highest BCUT2D eigenvalue weighted by Crippen LogP contribution is 2.17. The Morgan fingerprint density at radius 1 is 1.24 bits per heavy atom. The molecule has 0 unspecified atom stereocenters. The van der Waals surface area contributed by atoms with Gasteiger partial charge in [0.1, 0.15) is 11.4 Å². The van der Waals surface area contributed by atoms with E-state index >= 15 is 0 Å². The fourth-order valence-electron chi connectivity index (χ4n) is 2.34. The zero-order chi connectivity index (χ0) is 17.8. The number of ether oxygens (including phenoxy) is 1. The Morgan fingerprint density at radius 2 is 2.00 bits per heavy atom. The molecule has 0 saturated heterocycles. The van der Waals surface area contributed by atoms with Crippen molar-refractivity contribution in [1.29, 1.82) is 0 Å². The minimum absolute atomic E-state index is 0.150. The van der Waals surface area contributed by atoms with E-state index in [4.69, 9.17) is 10.5 Å². The van der Waals surface area contributed by atoms with Crippen LogP contribution >= 0.6 is 15.9 Å². The number of imidazole rings is 1. The maximum absolute atomic E-state index is 5.96. The summed E-state index contributed by atoms with van der Waals surface area (Å²) in [7, 11) is 0. The van der Waals surface area contributed by atoms with Crippen molar-refractivity contribution in [2.45, 2.75) is 26.5 Å². The van der Waals surface area contributed by atoms with Crippen molar-refractivity contribution in [1.82, 2.24) is 9.38 Å². The molecule has 130 valence electrons. The van der Waals surface area contributed by atoms with Crippen molar-refractivity contribution >= 4 is 33.2 Å². The maximum Gasteiger partial charge on any atom is 0.193 e. The predicted molar refractivity (Wildman–Crippen MR) is 104 cm³/mol. The molecule has 0 atom stereocenters. The third kappa shape index (κ3) is 4.73. The van der Waals surface area contributed by atoms with E-state index in [-0.39, 0.29) is 6.10 Å². The standard InChI is InChI=1S/C18H20BrN5O/c1-12(2)25-16-6-4-14(5-7-16)23-18(20)21-9-15-11-24-10-13(19)3-8-17(24)22-15/h3-8,10-12H,9H2,1-2H3,(H3,20,21,23). The fourth-order valence-corrected chi connectivity index (χ4v) is 2.69. The van der Waals surface area contributed by atoms with Crippen LogP contribution in [0.3, 0.4) is 0 Å². The predicted octanol–water partition coefficient (Wildman–Crippen LogP) is 3.81. The third-order valence-electron chi connectivity index (χ3n) is 3.37. The smallest absolute Gasteiger partial charge is 0.193 e. The highest BCUT2D eigenvalue weighted by Gasteiger charge is 2.03. The fraction of sp³-hybridized carbons (Fsp3) is 0.222. The minimum atomic E-state index is 0.150. The summed E-state index contributed by atoms with van der Waals surface area (Å²) >= 11 is 3.44. The van der Waals surface area contributed by atoms with Crippen LogP contribution < -0.4 is 15.8 Å². The number of nitrogens with zero attached hydrogens (tertiary/aromatic N) is 3. The number of guanidine groups is 1. The molecule has 25 heavy (non-hydrogen) atoms. The van der Waals surface area contributed by atoms with Gasteiger partial charge in [0.05, 0.1) is 18.3 Å². The lowest BCUT2D eigenvalue weighted by Gasteiger charge is -2.10. The number of fused-ring (bicyclic) bond motifs is 1. The quantitative estimate of drug-likeness (QED) is 0.503. The van der Waals surface area contributed by atoms with Gasteiger partial charge in [-0.15, -0.1) is 0 Å². The number of anilines is 1. The van der Waals surface area contributed by atoms with Gasteiger partial charge in [-0.3, -0.25) is 0 Å². The van der Waals surface area contributed by atoms with Crippen LogP contribution in [0.2, 0.25) is 0 Å². The van der Waals surface area contributed by atoms with Crippen molar-refractivity contribution < 1.29 is 4.74 Å². The molecule has 0 aliphatic rings. The molecule has 0 radical (unpaired) electrons. The van der Waals surface area contributed by atoms with Crippen LogP contribution in [0.15, 0.2) is 58.3 Å². The Bertz CT molecular complexity index is 886. The number of pyridine rings is 1. The number of halogens is 1. The van der Waals surface area contributed by atoms with Crippen LogP contribution in [0.4, 0.5) is 5.69 Å². The first-order valence-electron chi connectivity index (χ1n) is 7.96. The molecule has 2 heterocycles. The molecule has 3 rings (SSSR count). The average molecular weight is 402 g/mol. The molecule has 7 heteroatoms. The molecule has 2 aromatic heterocycles. The molecule has 0 bridgehead atoms. The summed E-state index contributed by atoms with van der Waals surface area (Å²) in [6.45, 7) is 4.40. The summed E-state index contributed by atoms with van der Waals surface area (Å²) in [5.74, 6) is 1.17. The molecule has 0 amide bonds. The second kappa shape index (κ2) is 7.57. The molecule has 3 aromatic rings. The molecular formula is C18H20BrN5O. The van der Waals surface area contributed by atoms with E-state index in [0.29, 0.717) is 12.5 Å². The summed E-state index contributed by atoms with van der Waals surface area (Å²) in [5.41, 5.74) is 8.54. The summed E-state index contributed by atoms with van der Waals surface area (Å²) < 4.78 is 8.56. The SMILES string of the molecule is CC(C)Oc1ccc(NC(N)=NCc2cn3cc(Br)ccc3n2)cc1. The summed E-state index contributed by atoms with van der Waals surface area (Å²) in [6, 6.07) is 11.5. The minimum Gasteiger partial charge on any atom is -0.491 e. The molecule has 1 aromatic carbocycles. The van der Waals surface area contributed by atoms with E-state index in [0.717, 1.165) is 27.3 Å². The van der Waals surface area contributed by atoms with Crippen LogP contribution in [-0.4, -0.2) is 21.4 Å². The summed E-state index contributed by atoms with van der Waals surface area (Å²) in [5, 5.41) is 3.07. The molecule has 0 aliphatic carbocycles. The van der Waals surface area contributed by atoms with Gasteiger partial charge in [0.25, 0.3) is 0 Å². The molecule has 0 aliphatic heterocycles. The molecule has 0 fully saturated rings. The van der Waals surface area contributed by atoms with Gasteiger partial charge < -0.3 is 20.2 Å². The zero-order valence-electron chi connectivity index (χ0n) is 14.1. The van der Waals surface area contributed by atoms with Gasteiger partial charge >= 0.3 is 0 Å². The van der Waals surface area contributed by atoms with E-state index in [2.05, 4.69) is 31.2 Å². The Labute approximate surface area is 154 Å². The summed E-state index contributed by atoms with van der Waals surface area (Å²) in [6.07, 6.45) is 4.05. The van der Waals surface area contributed by atoms with Crippen molar-refractivity contribution in [3.8, 4) is 5.75 Å². The maximum atomic E-state index is 5.96.